The Hall–Kier alpha value is -2.73. The molecule has 0 aromatic heterocycles. The summed E-state index contributed by atoms with van der Waals surface area (Å²) in [7, 11) is 0. The van der Waals surface area contributed by atoms with Crippen molar-refractivity contribution in [1.29, 1.82) is 0 Å². The molecule has 0 spiro atoms. The number of likely N-dealkylation sites (tertiary alicyclic amines) is 1. The maximum atomic E-state index is 13.0. The average molecular weight is 486 g/mol. The molecule has 1 fully saturated rings. The molecule has 1 aliphatic rings. The summed E-state index contributed by atoms with van der Waals surface area (Å²) in [6.45, 7) is 4.25. The number of aliphatic carboxylic acids is 2. The SMILES string of the molecule is CCC(C)C(NC(=O)C(CCCCN)NC(=O)C1CCCN1C(=O)C(N)CCC(=O)O)C(=O)O. The summed E-state index contributed by atoms with van der Waals surface area (Å²) < 4.78 is 0. The number of carbonyl (C=O) groups excluding carboxylic acids is 3. The lowest BCUT2D eigenvalue weighted by Crippen LogP contribution is -2.57. The van der Waals surface area contributed by atoms with Gasteiger partial charge in [0.05, 0.1) is 6.04 Å². The van der Waals surface area contributed by atoms with Crippen LogP contribution in [0.25, 0.3) is 0 Å². The van der Waals surface area contributed by atoms with Crippen LogP contribution < -0.4 is 22.1 Å². The van der Waals surface area contributed by atoms with Crippen molar-refractivity contribution in [3.05, 3.63) is 0 Å². The summed E-state index contributed by atoms with van der Waals surface area (Å²) in [6, 6.07) is -3.95. The molecule has 0 aromatic rings. The van der Waals surface area contributed by atoms with Crippen LogP contribution in [0.4, 0.5) is 0 Å². The second-order valence-electron chi connectivity index (χ2n) is 8.78. The number of carbonyl (C=O) groups is 5. The molecule has 8 N–H and O–H groups in total. The van der Waals surface area contributed by atoms with Gasteiger partial charge >= 0.3 is 11.9 Å². The fourth-order valence-electron chi connectivity index (χ4n) is 3.88. The number of amides is 3. The summed E-state index contributed by atoms with van der Waals surface area (Å²) in [6.07, 6.45) is 2.61. The van der Waals surface area contributed by atoms with E-state index in [0.717, 1.165) is 0 Å². The van der Waals surface area contributed by atoms with Gasteiger partial charge in [-0.25, -0.2) is 4.79 Å². The number of nitrogens with zero attached hydrogens (tertiary/aromatic N) is 1. The van der Waals surface area contributed by atoms with E-state index >= 15 is 0 Å². The number of unbranched alkanes of at least 4 members (excludes halogenated alkanes) is 1. The molecule has 5 atom stereocenters. The van der Waals surface area contributed by atoms with Crippen molar-refractivity contribution in [3.63, 3.8) is 0 Å². The van der Waals surface area contributed by atoms with Gasteiger partial charge < -0.3 is 37.2 Å². The molecular weight excluding hydrogens is 446 g/mol. The fraction of sp³-hybridized carbons (Fsp3) is 0.773. The van der Waals surface area contributed by atoms with Gasteiger partial charge in [0.25, 0.3) is 0 Å². The minimum atomic E-state index is -1.15. The van der Waals surface area contributed by atoms with Gasteiger partial charge in [-0.1, -0.05) is 20.3 Å². The van der Waals surface area contributed by atoms with E-state index in [4.69, 9.17) is 16.6 Å². The van der Waals surface area contributed by atoms with E-state index in [1.54, 1.807) is 6.92 Å². The normalized spacial score (nSPS) is 19.1. The molecule has 0 saturated carbocycles. The standard InChI is InChI=1S/C22H39N5O7/c1-3-13(2)18(22(33)34)26-19(30)15(7-4-5-11-23)25-20(31)16-8-6-12-27(16)21(32)14(24)9-10-17(28)29/h13-16,18H,3-12,23-24H2,1-2H3,(H,25,31)(H,26,30)(H,28,29)(H,33,34). The number of nitrogens with one attached hydrogen (secondary N) is 2. The first kappa shape index (κ1) is 29.3. The first-order valence-corrected chi connectivity index (χ1v) is 11.8. The van der Waals surface area contributed by atoms with Crippen molar-refractivity contribution < 1.29 is 34.2 Å². The number of hydrogen-bond donors (Lipinski definition) is 6. The highest BCUT2D eigenvalue weighted by Gasteiger charge is 2.38. The van der Waals surface area contributed by atoms with Gasteiger partial charge in [-0.15, -0.1) is 0 Å². The van der Waals surface area contributed by atoms with Crippen molar-refractivity contribution in [2.24, 2.45) is 17.4 Å². The van der Waals surface area contributed by atoms with Crippen LogP contribution in [0.5, 0.6) is 0 Å². The predicted octanol–water partition coefficient (Wildman–Crippen LogP) is -0.601. The first-order valence-electron chi connectivity index (χ1n) is 11.8. The summed E-state index contributed by atoms with van der Waals surface area (Å²) in [4.78, 5) is 62.4. The van der Waals surface area contributed by atoms with Gasteiger partial charge in [0, 0.05) is 13.0 Å². The van der Waals surface area contributed by atoms with Gasteiger partial charge in [0.2, 0.25) is 17.7 Å². The number of nitrogens with two attached hydrogens (primary N) is 2. The Labute approximate surface area is 199 Å². The Morgan fingerprint density at radius 1 is 1.09 bits per heavy atom. The number of carboxylic acid groups (broad SMARTS) is 2. The molecule has 5 unspecified atom stereocenters. The quantitative estimate of drug-likeness (QED) is 0.163. The van der Waals surface area contributed by atoms with E-state index in [1.165, 1.54) is 4.90 Å². The Kier molecular flexibility index (Phi) is 12.5. The Balaban J connectivity index is 2.91. The molecule has 12 nitrogen and oxygen atoms in total. The van der Waals surface area contributed by atoms with Crippen LogP contribution in [0.1, 0.15) is 65.2 Å². The van der Waals surface area contributed by atoms with Crippen LogP contribution in [-0.4, -0.2) is 82.0 Å². The largest absolute Gasteiger partial charge is 0.481 e. The molecule has 0 bridgehead atoms. The molecule has 34 heavy (non-hydrogen) atoms. The highest BCUT2D eigenvalue weighted by atomic mass is 16.4. The van der Waals surface area contributed by atoms with E-state index in [0.29, 0.717) is 45.2 Å². The van der Waals surface area contributed by atoms with E-state index in [1.807, 2.05) is 6.92 Å². The van der Waals surface area contributed by atoms with Gasteiger partial charge in [-0.2, -0.15) is 0 Å². The second kappa shape index (κ2) is 14.5. The molecule has 1 rings (SSSR count). The zero-order valence-electron chi connectivity index (χ0n) is 20.0. The highest BCUT2D eigenvalue weighted by molar-refractivity contribution is 5.94. The zero-order chi connectivity index (χ0) is 25.8. The van der Waals surface area contributed by atoms with Crippen molar-refractivity contribution >= 4 is 29.7 Å². The van der Waals surface area contributed by atoms with Crippen LogP contribution in [0.3, 0.4) is 0 Å². The maximum Gasteiger partial charge on any atom is 0.326 e. The summed E-state index contributed by atoms with van der Waals surface area (Å²) >= 11 is 0. The monoisotopic (exact) mass is 485 g/mol. The topological polar surface area (TPSA) is 205 Å². The van der Waals surface area contributed by atoms with Gasteiger partial charge in [-0.3, -0.25) is 19.2 Å². The average Bonchev–Trinajstić information content (AvgIpc) is 3.29. The third-order valence-corrected chi connectivity index (χ3v) is 6.18. The first-order chi connectivity index (χ1) is 16.0. The summed E-state index contributed by atoms with van der Waals surface area (Å²) in [5, 5.41) is 23.5. The predicted molar refractivity (Wildman–Crippen MR) is 123 cm³/mol. The van der Waals surface area contributed by atoms with Crippen LogP contribution >= 0.6 is 0 Å². The molecule has 12 heteroatoms. The Morgan fingerprint density at radius 2 is 1.76 bits per heavy atom. The highest BCUT2D eigenvalue weighted by Crippen LogP contribution is 2.20. The molecule has 1 heterocycles. The van der Waals surface area contributed by atoms with E-state index in [9.17, 15) is 29.1 Å². The molecule has 3 amide bonds. The zero-order valence-corrected chi connectivity index (χ0v) is 20.0. The summed E-state index contributed by atoms with van der Waals surface area (Å²) in [5.41, 5.74) is 11.4. The van der Waals surface area contributed by atoms with Crippen LogP contribution in [0.2, 0.25) is 0 Å². The smallest absolute Gasteiger partial charge is 0.326 e. The van der Waals surface area contributed by atoms with Crippen molar-refractivity contribution in [3.8, 4) is 0 Å². The Morgan fingerprint density at radius 3 is 2.32 bits per heavy atom. The second-order valence-corrected chi connectivity index (χ2v) is 8.78. The lowest BCUT2D eigenvalue weighted by Gasteiger charge is -2.29. The van der Waals surface area contributed by atoms with Crippen molar-refractivity contribution in [2.75, 3.05) is 13.1 Å². The molecule has 0 aliphatic carbocycles. The van der Waals surface area contributed by atoms with Crippen LogP contribution in [0, 0.1) is 5.92 Å². The maximum absolute atomic E-state index is 13.0. The Bertz CT molecular complexity index is 732. The van der Waals surface area contributed by atoms with E-state index < -0.39 is 53.8 Å². The number of rotatable bonds is 15. The van der Waals surface area contributed by atoms with Crippen LogP contribution in [-0.2, 0) is 24.0 Å². The van der Waals surface area contributed by atoms with Crippen molar-refractivity contribution in [2.45, 2.75) is 89.4 Å². The summed E-state index contributed by atoms with van der Waals surface area (Å²) in [5.74, 6) is -4.17. The minimum absolute atomic E-state index is 0.0463. The molecular formula is C22H39N5O7. The number of carboxylic acids is 2. The number of hydrogen-bond acceptors (Lipinski definition) is 7. The molecule has 1 saturated heterocycles. The molecule has 194 valence electrons. The third-order valence-electron chi connectivity index (χ3n) is 6.18. The van der Waals surface area contributed by atoms with Gasteiger partial charge in [0.15, 0.2) is 0 Å². The van der Waals surface area contributed by atoms with Gasteiger partial charge in [0.1, 0.15) is 18.1 Å². The van der Waals surface area contributed by atoms with Crippen LogP contribution in [0.15, 0.2) is 0 Å². The van der Waals surface area contributed by atoms with E-state index in [2.05, 4.69) is 10.6 Å². The third kappa shape index (κ3) is 8.90. The van der Waals surface area contributed by atoms with Crippen molar-refractivity contribution in [1.82, 2.24) is 15.5 Å². The van der Waals surface area contributed by atoms with E-state index in [-0.39, 0.29) is 25.2 Å². The lowest BCUT2D eigenvalue weighted by molar-refractivity contribution is -0.144. The lowest BCUT2D eigenvalue weighted by atomic mass is 9.98. The molecule has 1 aliphatic heterocycles. The molecule has 0 radical (unpaired) electrons. The minimum Gasteiger partial charge on any atom is -0.481 e. The van der Waals surface area contributed by atoms with Gasteiger partial charge in [-0.05, 0) is 51.0 Å². The molecule has 0 aromatic carbocycles. The fourth-order valence-corrected chi connectivity index (χ4v) is 3.88.